The van der Waals surface area contributed by atoms with Gasteiger partial charge < -0.3 is 41.3 Å². The predicted molar refractivity (Wildman–Crippen MR) is 144 cm³/mol. The largest absolute Gasteiger partial charge is 0.507 e. The number of fused-ring (bicyclic) bond motifs is 3. The summed E-state index contributed by atoms with van der Waals surface area (Å²) >= 11 is 0. The fourth-order valence-electron chi connectivity index (χ4n) is 6.76. The van der Waals surface area contributed by atoms with Crippen molar-refractivity contribution in [1.29, 1.82) is 0 Å². The van der Waals surface area contributed by atoms with Crippen LogP contribution in [-0.4, -0.2) is 98.9 Å². The molecule has 1 heterocycles. The number of H-pyrrole nitrogens is 1. The van der Waals surface area contributed by atoms with Crippen LogP contribution in [0, 0.1) is 17.8 Å². The number of aromatic amines is 1. The van der Waals surface area contributed by atoms with Crippen molar-refractivity contribution in [2.24, 2.45) is 23.5 Å². The Morgan fingerprint density at radius 3 is 2.52 bits per heavy atom. The molecule has 0 bridgehead atoms. The monoisotopic (exact) mass is 554 g/mol. The molecule has 0 saturated heterocycles. The minimum Gasteiger partial charge on any atom is -0.507 e. The number of nitrogens with two attached hydrogens (primary N) is 1. The van der Waals surface area contributed by atoms with E-state index in [2.05, 4.69) is 15.5 Å². The van der Waals surface area contributed by atoms with Crippen LogP contribution in [0.25, 0.3) is 5.76 Å². The molecule has 0 spiro atoms. The number of benzene rings is 1. The number of amides is 1. The lowest BCUT2D eigenvalue weighted by Gasteiger charge is -2.53. The number of hydrogen-bond donors (Lipinski definition) is 7. The van der Waals surface area contributed by atoms with Crippen molar-refractivity contribution in [2.45, 2.75) is 37.1 Å². The summed E-state index contributed by atoms with van der Waals surface area (Å²) in [7, 11) is 6.86. The van der Waals surface area contributed by atoms with Gasteiger partial charge in [0.2, 0.25) is 11.7 Å². The van der Waals surface area contributed by atoms with Crippen molar-refractivity contribution in [3.8, 4) is 5.75 Å². The molecule has 1 aromatic carbocycles. The third-order valence-corrected chi connectivity index (χ3v) is 8.57. The second-order valence-corrected chi connectivity index (χ2v) is 11.3. The zero-order chi connectivity index (χ0) is 29.3. The average molecular weight is 555 g/mol. The van der Waals surface area contributed by atoms with Crippen LogP contribution in [0.3, 0.4) is 0 Å². The molecule has 8 N–H and O–H groups in total. The molecule has 13 heteroatoms. The Morgan fingerprint density at radius 2 is 1.95 bits per heavy atom. The third-order valence-electron chi connectivity index (χ3n) is 8.57. The van der Waals surface area contributed by atoms with Crippen LogP contribution in [0.4, 0.5) is 11.4 Å². The normalized spacial score (nSPS) is 29.6. The van der Waals surface area contributed by atoms with Gasteiger partial charge in [-0.1, -0.05) is 0 Å². The fraction of sp³-hybridized carbons (Fsp3) is 0.481. The van der Waals surface area contributed by atoms with E-state index >= 15 is 0 Å². The van der Waals surface area contributed by atoms with Crippen LogP contribution in [0.2, 0.25) is 0 Å². The van der Waals surface area contributed by atoms with Gasteiger partial charge in [0, 0.05) is 43.5 Å². The molecule has 6 atom stereocenters. The molecule has 2 aromatic rings. The minimum absolute atomic E-state index is 0.0267. The Balaban J connectivity index is 1.66. The molecule has 1 aromatic heterocycles. The Labute approximate surface area is 230 Å². The minimum atomic E-state index is -2.69. The number of likely N-dealkylation sites (N-methyl/N-ethyl adjacent to an activating group) is 1. The Bertz CT molecular complexity index is 1420. The molecule has 40 heavy (non-hydrogen) atoms. The van der Waals surface area contributed by atoms with Gasteiger partial charge in [-0.05, 0) is 50.6 Å². The van der Waals surface area contributed by atoms with Crippen molar-refractivity contribution < 1.29 is 34.8 Å². The highest BCUT2D eigenvalue weighted by atomic mass is 16.3. The van der Waals surface area contributed by atoms with Crippen molar-refractivity contribution in [2.75, 3.05) is 38.4 Å². The first-order valence-electron chi connectivity index (χ1n) is 13.0. The maximum atomic E-state index is 14.0. The van der Waals surface area contributed by atoms with Gasteiger partial charge in [-0.25, -0.2) is 0 Å². The van der Waals surface area contributed by atoms with Gasteiger partial charge in [0.15, 0.2) is 11.4 Å². The van der Waals surface area contributed by atoms with Crippen LogP contribution < -0.4 is 16.0 Å². The lowest BCUT2D eigenvalue weighted by molar-refractivity contribution is -0.184. The molecule has 5 rings (SSSR count). The lowest BCUT2D eigenvalue weighted by Crippen LogP contribution is -2.73. The van der Waals surface area contributed by atoms with E-state index in [0.29, 0.717) is 16.9 Å². The first-order chi connectivity index (χ1) is 18.8. The number of nitrogens with zero attached hydrogens (tertiary/aromatic N) is 3. The van der Waals surface area contributed by atoms with Crippen LogP contribution in [0.1, 0.15) is 23.2 Å². The summed E-state index contributed by atoms with van der Waals surface area (Å²) in [6, 6.07) is 2.57. The van der Waals surface area contributed by atoms with Crippen molar-refractivity contribution in [3.63, 3.8) is 0 Å². The maximum Gasteiger partial charge on any atom is 0.230 e. The van der Waals surface area contributed by atoms with Crippen LogP contribution in [-0.2, 0) is 27.3 Å². The van der Waals surface area contributed by atoms with Crippen molar-refractivity contribution >= 4 is 34.6 Å². The number of nitrogens with one attached hydrogen (secondary N) is 2. The molecule has 1 amide bonds. The van der Waals surface area contributed by atoms with E-state index in [1.54, 1.807) is 37.3 Å². The molecule has 0 radical (unpaired) electrons. The van der Waals surface area contributed by atoms with E-state index in [4.69, 9.17) is 5.73 Å². The number of aliphatic hydroxyl groups excluding tert-OH is 2. The number of primary amides is 1. The molecule has 2 saturated carbocycles. The van der Waals surface area contributed by atoms with E-state index in [0.717, 1.165) is 5.69 Å². The molecule has 0 aliphatic heterocycles. The average Bonchev–Trinajstić information content (AvgIpc) is 3.39. The number of rotatable bonds is 6. The fourth-order valence-corrected chi connectivity index (χ4v) is 6.76. The van der Waals surface area contributed by atoms with Crippen molar-refractivity contribution in [1.82, 2.24) is 15.1 Å². The number of aromatic nitrogens is 2. The first kappa shape index (κ1) is 27.6. The summed E-state index contributed by atoms with van der Waals surface area (Å²) in [5.74, 6) is -7.71. The van der Waals surface area contributed by atoms with Gasteiger partial charge in [0.1, 0.15) is 17.4 Å². The smallest absolute Gasteiger partial charge is 0.230 e. The molecule has 214 valence electrons. The molecule has 2 fully saturated rings. The number of anilines is 2. The van der Waals surface area contributed by atoms with Crippen LogP contribution in [0.15, 0.2) is 23.9 Å². The molecular formula is C27H34N6O7. The van der Waals surface area contributed by atoms with Crippen LogP contribution in [0.5, 0.6) is 5.75 Å². The number of ketones is 2. The number of phenols is 1. The summed E-state index contributed by atoms with van der Waals surface area (Å²) in [5.41, 5.74) is 4.90. The summed E-state index contributed by atoms with van der Waals surface area (Å²) in [5, 5.41) is 55.4. The number of phenolic OH excluding ortho intramolecular Hbond substituents is 1. The van der Waals surface area contributed by atoms with Gasteiger partial charge in [0.25, 0.3) is 0 Å². The number of carbonyl (C=O) groups is 3. The number of Topliss-reactive ketones (excluding diaryl/α,β-unsaturated/α-hetero) is 2. The maximum absolute atomic E-state index is 14.0. The summed E-state index contributed by atoms with van der Waals surface area (Å²) < 4.78 is 0. The Hall–Kier alpha value is -3.94. The topological polar surface area (TPSA) is 205 Å². The van der Waals surface area contributed by atoms with Gasteiger partial charge in [-0.3, -0.25) is 19.5 Å². The lowest BCUT2D eigenvalue weighted by atomic mass is 9.54. The highest BCUT2D eigenvalue weighted by molar-refractivity contribution is 6.25. The van der Waals surface area contributed by atoms with Gasteiger partial charge in [0.05, 0.1) is 29.6 Å². The second kappa shape index (κ2) is 9.61. The highest BCUT2D eigenvalue weighted by Crippen LogP contribution is 2.54. The quantitative estimate of drug-likeness (QED) is 0.179. The SMILES string of the molecule is CN(C)c1cc(NCc2ccn[nH]2)c(O)c2c1C[C@H]1C[C@H]3C(N(C)C)C(O)C(C(N)=O)C(=O)[C@@]3(O)C(=O)C1=C2O. The zero-order valence-electron chi connectivity index (χ0n) is 22.7. The third kappa shape index (κ3) is 3.87. The molecular weight excluding hydrogens is 520 g/mol. The standard InChI is InChI=1S/C27H34N6O7/c1-32(2)16-9-15(29-10-12-5-6-30-31-12)21(34)18-13(16)7-11-8-14-20(33(3)4)23(36)19(26(28)39)25(38)27(14,40)24(37)17(11)22(18)35/h5-6,9,11,14,19-20,23,29,34-36,40H,7-8,10H2,1-4H3,(H2,28,39)(H,30,31)/t11-,14-,19?,20?,23?,27-/m0/s1. The van der Waals surface area contributed by atoms with Gasteiger partial charge in [-0.2, -0.15) is 5.10 Å². The van der Waals surface area contributed by atoms with Gasteiger partial charge >= 0.3 is 0 Å². The van der Waals surface area contributed by atoms with Crippen molar-refractivity contribution in [3.05, 3.63) is 40.7 Å². The zero-order valence-corrected chi connectivity index (χ0v) is 22.7. The number of aliphatic hydroxyl groups is 3. The van der Waals surface area contributed by atoms with E-state index in [1.165, 1.54) is 0 Å². The Kier molecular flexibility index (Phi) is 6.63. The number of hydrogen-bond acceptors (Lipinski definition) is 11. The van der Waals surface area contributed by atoms with E-state index < -0.39 is 58.7 Å². The second-order valence-electron chi connectivity index (χ2n) is 11.3. The van der Waals surface area contributed by atoms with E-state index in [-0.39, 0.29) is 36.3 Å². The van der Waals surface area contributed by atoms with E-state index in [9.17, 15) is 34.8 Å². The van der Waals surface area contributed by atoms with E-state index in [1.807, 2.05) is 19.0 Å². The molecule has 13 nitrogen and oxygen atoms in total. The summed E-state index contributed by atoms with van der Waals surface area (Å²) in [6.45, 7) is 0.288. The first-order valence-corrected chi connectivity index (χ1v) is 13.0. The predicted octanol–water partition coefficient (Wildman–Crippen LogP) is -0.470. The summed E-state index contributed by atoms with van der Waals surface area (Å²) in [4.78, 5) is 43.1. The number of carbonyl (C=O) groups excluding carboxylic acids is 3. The molecule has 3 aliphatic rings. The summed E-state index contributed by atoms with van der Waals surface area (Å²) in [6.07, 6.45) is 0.343. The van der Waals surface area contributed by atoms with Gasteiger partial charge in [-0.15, -0.1) is 0 Å². The van der Waals surface area contributed by atoms with Crippen LogP contribution >= 0.6 is 0 Å². The highest BCUT2D eigenvalue weighted by Gasteiger charge is 2.67. The molecule has 3 unspecified atom stereocenters. The Morgan fingerprint density at radius 1 is 1.25 bits per heavy atom. The number of aromatic hydroxyl groups is 1. The molecule has 3 aliphatic carbocycles.